The molecule has 24 heavy (non-hydrogen) atoms. The summed E-state index contributed by atoms with van der Waals surface area (Å²) in [5.41, 5.74) is 1.24. The van der Waals surface area contributed by atoms with Gasteiger partial charge in [-0.2, -0.15) is 0 Å². The second-order valence-corrected chi connectivity index (χ2v) is 6.47. The molecule has 0 saturated heterocycles. The van der Waals surface area contributed by atoms with Gasteiger partial charge in [0, 0.05) is 22.6 Å². The van der Waals surface area contributed by atoms with Gasteiger partial charge in [0.05, 0.1) is 10.0 Å². The molecule has 0 heterocycles. The van der Waals surface area contributed by atoms with Gasteiger partial charge in [-0.05, 0) is 48.7 Å². The van der Waals surface area contributed by atoms with Crippen molar-refractivity contribution >= 4 is 52.4 Å². The number of rotatable bonds is 6. The molecular formula is C17H13Cl3NO3-. The van der Waals surface area contributed by atoms with E-state index in [1.165, 1.54) is 6.07 Å². The number of amides is 1. The quantitative estimate of drug-likeness (QED) is 0.826. The Morgan fingerprint density at radius 3 is 2.25 bits per heavy atom. The Morgan fingerprint density at radius 2 is 1.67 bits per heavy atom. The maximum Gasteiger partial charge on any atom is 0.228 e. The van der Waals surface area contributed by atoms with Crippen LogP contribution in [-0.4, -0.2) is 11.9 Å². The number of hydrogen-bond donors (Lipinski definition) is 1. The van der Waals surface area contributed by atoms with Crippen LogP contribution < -0.4 is 10.4 Å². The molecule has 2 aromatic carbocycles. The van der Waals surface area contributed by atoms with Gasteiger partial charge in [0.1, 0.15) is 0 Å². The maximum absolute atomic E-state index is 12.4. The number of carboxylic acids is 1. The van der Waals surface area contributed by atoms with Crippen LogP contribution in [-0.2, 0) is 16.0 Å². The van der Waals surface area contributed by atoms with Crippen molar-refractivity contribution in [1.29, 1.82) is 0 Å². The zero-order chi connectivity index (χ0) is 17.7. The first-order chi connectivity index (χ1) is 11.3. The average molecular weight is 386 g/mol. The molecular weight excluding hydrogens is 373 g/mol. The Morgan fingerprint density at radius 1 is 1.00 bits per heavy atom. The van der Waals surface area contributed by atoms with Crippen molar-refractivity contribution < 1.29 is 14.7 Å². The Balaban J connectivity index is 2.13. The predicted molar refractivity (Wildman–Crippen MR) is 93.4 cm³/mol. The molecule has 1 amide bonds. The van der Waals surface area contributed by atoms with Gasteiger partial charge in [-0.25, -0.2) is 0 Å². The maximum atomic E-state index is 12.4. The van der Waals surface area contributed by atoms with Crippen LogP contribution in [0, 0.1) is 5.92 Å². The van der Waals surface area contributed by atoms with Gasteiger partial charge in [-0.1, -0.05) is 46.9 Å². The topological polar surface area (TPSA) is 69.2 Å². The van der Waals surface area contributed by atoms with Crippen molar-refractivity contribution in [2.24, 2.45) is 5.92 Å². The highest BCUT2D eigenvalue weighted by molar-refractivity contribution is 6.42. The highest BCUT2D eigenvalue weighted by atomic mass is 35.5. The van der Waals surface area contributed by atoms with E-state index in [0.717, 1.165) is 5.56 Å². The summed E-state index contributed by atoms with van der Waals surface area (Å²) in [6.45, 7) is 0. The minimum absolute atomic E-state index is 0.248. The number of anilines is 1. The number of aliphatic carboxylic acids is 1. The van der Waals surface area contributed by atoms with Gasteiger partial charge >= 0.3 is 0 Å². The number of carbonyl (C=O) groups excluding carboxylic acids is 2. The molecule has 0 aromatic heterocycles. The molecule has 7 heteroatoms. The van der Waals surface area contributed by atoms with E-state index in [1.807, 2.05) is 0 Å². The highest BCUT2D eigenvalue weighted by Gasteiger charge is 2.20. The smallest absolute Gasteiger partial charge is 0.228 e. The van der Waals surface area contributed by atoms with Crippen LogP contribution >= 0.6 is 34.8 Å². The zero-order valence-corrected chi connectivity index (χ0v) is 14.7. The number of hydrogen-bond acceptors (Lipinski definition) is 3. The average Bonchev–Trinajstić information content (AvgIpc) is 2.52. The normalized spacial score (nSPS) is 11.8. The number of nitrogens with one attached hydrogen (secondary N) is 1. The molecule has 0 aliphatic rings. The number of benzene rings is 2. The lowest BCUT2D eigenvalue weighted by molar-refractivity contribution is -0.306. The zero-order valence-electron chi connectivity index (χ0n) is 12.4. The molecule has 0 radical (unpaired) electrons. The van der Waals surface area contributed by atoms with Crippen LogP contribution in [0.2, 0.25) is 15.1 Å². The first kappa shape index (κ1) is 18.6. The van der Waals surface area contributed by atoms with E-state index < -0.39 is 24.2 Å². The van der Waals surface area contributed by atoms with Crippen molar-refractivity contribution in [3.05, 3.63) is 63.1 Å². The van der Waals surface area contributed by atoms with Gasteiger partial charge in [-0.15, -0.1) is 0 Å². The first-order valence-corrected chi connectivity index (χ1v) is 8.18. The van der Waals surface area contributed by atoms with Crippen molar-refractivity contribution in [3.8, 4) is 0 Å². The van der Waals surface area contributed by atoms with Crippen LogP contribution in [0.3, 0.4) is 0 Å². The van der Waals surface area contributed by atoms with E-state index in [0.29, 0.717) is 20.8 Å². The summed E-state index contributed by atoms with van der Waals surface area (Å²) in [6.07, 6.45) is -0.145. The van der Waals surface area contributed by atoms with Crippen LogP contribution in [0.4, 0.5) is 5.69 Å². The summed E-state index contributed by atoms with van der Waals surface area (Å²) < 4.78 is 0. The molecule has 0 aliphatic carbocycles. The van der Waals surface area contributed by atoms with Gasteiger partial charge in [0.25, 0.3) is 0 Å². The van der Waals surface area contributed by atoms with Gasteiger partial charge in [0.15, 0.2) is 0 Å². The molecule has 1 N–H and O–H groups in total. The lowest BCUT2D eigenvalue weighted by Crippen LogP contribution is -2.32. The SMILES string of the molecule is O=C([O-])C[C@H](Cc1ccc(Cl)cc1)C(=O)Nc1ccc(Cl)c(Cl)c1. The lowest BCUT2D eigenvalue weighted by Gasteiger charge is -2.18. The van der Waals surface area contributed by atoms with E-state index in [-0.39, 0.29) is 6.42 Å². The summed E-state index contributed by atoms with van der Waals surface area (Å²) in [4.78, 5) is 23.4. The van der Waals surface area contributed by atoms with E-state index in [2.05, 4.69) is 5.32 Å². The lowest BCUT2D eigenvalue weighted by atomic mass is 9.95. The van der Waals surface area contributed by atoms with E-state index in [9.17, 15) is 14.7 Å². The molecule has 0 unspecified atom stereocenters. The number of halogens is 3. The van der Waals surface area contributed by atoms with Crippen LogP contribution in [0.5, 0.6) is 0 Å². The third-order valence-electron chi connectivity index (χ3n) is 3.37. The fraction of sp³-hybridized carbons (Fsp3) is 0.176. The predicted octanol–water partition coefficient (Wildman–Crippen LogP) is 3.58. The van der Waals surface area contributed by atoms with Crippen molar-refractivity contribution in [3.63, 3.8) is 0 Å². The third-order valence-corrected chi connectivity index (χ3v) is 4.36. The summed E-state index contributed by atoms with van der Waals surface area (Å²) in [7, 11) is 0. The summed E-state index contributed by atoms with van der Waals surface area (Å²) >= 11 is 17.6. The summed E-state index contributed by atoms with van der Waals surface area (Å²) in [5.74, 6) is -2.52. The minimum atomic E-state index is -1.29. The Labute approximate surface area is 154 Å². The van der Waals surface area contributed by atoms with Crippen LogP contribution in [0.15, 0.2) is 42.5 Å². The molecule has 2 aromatic rings. The molecule has 0 saturated carbocycles. The second kappa shape index (κ2) is 8.38. The Bertz CT molecular complexity index is 747. The Kier molecular flexibility index (Phi) is 6.49. The molecule has 4 nitrogen and oxygen atoms in total. The van der Waals surface area contributed by atoms with E-state index in [4.69, 9.17) is 34.8 Å². The van der Waals surface area contributed by atoms with Crippen molar-refractivity contribution in [2.75, 3.05) is 5.32 Å². The van der Waals surface area contributed by atoms with Crippen molar-refractivity contribution in [1.82, 2.24) is 0 Å². The Hall–Kier alpha value is -1.75. The van der Waals surface area contributed by atoms with Gasteiger partial charge in [-0.3, -0.25) is 4.79 Å². The van der Waals surface area contributed by atoms with Gasteiger partial charge in [0.2, 0.25) is 5.91 Å². The third kappa shape index (κ3) is 5.41. The van der Waals surface area contributed by atoms with E-state index >= 15 is 0 Å². The van der Waals surface area contributed by atoms with E-state index in [1.54, 1.807) is 36.4 Å². The van der Waals surface area contributed by atoms with Gasteiger partial charge < -0.3 is 15.2 Å². The standard InChI is InChI=1S/C17H14Cl3NO3/c18-12-3-1-10(2-4-12)7-11(8-16(22)23)17(24)21-13-5-6-14(19)15(20)9-13/h1-6,9,11H,7-8H2,(H,21,24)(H,22,23)/p-1/t11-/m0/s1. The molecule has 0 spiro atoms. The first-order valence-electron chi connectivity index (χ1n) is 7.05. The molecule has 1 atom stereocenters. The van der Waals surface area contributed by atoms with Crippen LogP contribution in [0.25, 0.3) is 0 Å². The molecule has 0 fully saturated rings. The molecule has 126 valence electrons. The summed E-state index contributed by atoms with van der Waals surface area (Å²) in [5, 5.41) is 14.8. The monoisotopic (exact) mass is 384 g/mol. The molecule has 0 bridgehead atoms. The fourth-order valence-electron chi connectivity index (χ4n) is 2.18. The van der Waals surface area contributed by atoms with Crippen LogP contribution in [0.1, 0.15) is 12.0 Å². The molecule has 2 rings (SSSR count). The summed E-state index contributed by atoms with van der Waals surface area (Å²) in [6, 6.07) is 11.5. The number of carboxylic acid groups (broad SMARTS) is 1. The molecule has 0 aliphatic heterocycles. The number of carbonyl (C=O) groups is 2. The fourth-order valence-corrected chi connectivity index (χ4v) is 2.61. The second-order valence-electron chi connectivity index (χ2n) is 5.22. The largest absolute Gasteiger partial charge is 0.550 e. The van der Waals surface area contributed by atoms with Crippen molar-refractivity contribution in [2.45, 2.75) is 12.8 Å². The minimum Gasteiger partial charge on any atom is -0.550 e. The highest BCUT2D eigenvalue weighted by Crippen LogP contribution is 2.26.